The molecule has 6 nitrogen and oxygen atoms in total. The van der Waals surface area contributed by atoms with E-state index >= 15 is 0 Å². The lowest BCUT2D eigenvalue weighted by molar-refractivity contribution is 0.0737. The first-order valence-corrected chi connectivity index (χ1v) is 10.8. The molecule has 2 saturated carbocycles. The summed E-state index contributed by atoms with van der Waals surface area (Å²) in [6, 6.07) is 4.12. The second-order valence-corrected chi connectivity index (χ2v) is 8.80. The predicted octanol–water partition coefficient (Wildman–Crippen LogP) is 2.43. The fourth-order valence-corrected chi connectivity index (χ4v) is 5.17. The number of nitrogens with zero attached hydrogens (tertiary/aromatic N) is 2. The van der Waals surface area contributed by atoms with Crippen LogP contribution in [0.15, 0.2) is 12.1 Å². The van der Waals surface area contributed by atoms with E-state index in [2.05, 4.69) is 9.80 Å². The maximum atomic E-state index is 12.0. The normalized spacial score (nSPS) is 26.9. The number of ether oxygens (including phenoxy) is 1. The summed E-state index contributed by atoms with van der Waals surface area (Å²) in [7, 11) is 1.62. The standard InChI is InChI=1S/C22H34N4O2/c1-28-21-19(23)9-8-18(22(24)27)20(21)16-4-6-17(7-5-16)26-12-10-25(11-13-26)14-15-2-3-15/h8-9,15-17H,2-7,10-14,23H2,1H3,(H2,24,27). The molecule has 1 amide bonds. The van der Waals surface area contributed by atoms with Crippen LogP contribution in [0.2, 0.25) is 0 Å². The van der Waals surface area contributed by atoms with Crippen LogP contribution in [0, 0.1) is 5.92 Å². The second-order valence-electron chi connectivity index (χ2n) is 8.80. The number of nitrogen functional groups attached to an aromatic ring is 1. The minimum atomic E-state index is -0.401. The third kappa shape index (κ3) is 4.13. The van der Waals surface area contributed by atoms with Crippen molar-refractivity contribution in [3.05, 3.63) is 23.3 Å². The van der Waals surface area contributed by atoms with Crippen LogP contribution < -0.4 is 16.2 Å². The molecule has 1 heterocycles. The summed E-state index contributed by atoms with van der Waals surface area (Å²) in [4.78, 5) is 17.3. The Morgan fingerprint density at radius 1 is 1.07 bits per heavy atom. The molecule has 3 fully saturated rings. The fourth-order valence-electron chi connectivity index (χ4n) is 5.17. The van der Waals surface area contributed by atoms with Gasteiger partial charge in [0.05, 0.1) is 12.8 Å². The molecule has 0 bridgehead atoms. The molecule has 3 aliphatic rings. The van der Waals surface area contributed by atoms with E-state index < -0.39 is 5.91 Å². The highest BCUT2D eigenvalue weighted by molar-refractivity contribution is 5.96. The summed E-state index contributed by atoms with van der Waals surface area (Å²) >= 11 is 0. The average Bonchev–Trinajstić information content (AvgIpc) is 3.52. The molecule has 4 rings (SSSR count). The highest BCUT2D eigenvalue weighted by atomic mass is 16.5. The van der Waals surface area contributed by atoms with Gasteiger partial charge in [0.2, 0.25) is 5.91 Å². The molecule has 6 heteroatoms. The Balaban J connectivity index is 1.38. The van der Waals surface area contributed by atoms with Gasteiger partial charge in [-0.05, 0) is 62.5 Å². The summed E-state index contributed by atoms with van der Waals surface area (Å²) in [5, 5.41) is 0. The molecule has 0 aromatic heterocycles. The molecule has 4 N–H and O–H groups in total. The number of primary amides is 1. The van der Waals surface area contributed by atoms with E-state index in [-0.39, 0.29) is 5.92 Å². The van der Waals surface area contributed by atoms with Crippen molar-refractivity contribution in [2.75, 3.05) is 45.6 Å². The summed E-state index contributed by atoms with van der Waals surface area (Å²) < 4.78 is 5.56. The molecule has 1 saturated heterocycles. The number of benzene rings is 1. The molecule has 28 heavy (non-hydrogen) atoms. The first-order valence-electron chi connectivity index (χ1n) is 10.8. The Labute approximate surface area is 168 Å². The van der Waals surface area contributed by atoms with Crippen molar-refractivity contribution in [1.29, 1.82) is 0 Å². The summed E-state index contributed by atoms with van der Waals surface area (Å²) in [6.07, 6.45) is 7.28. The van der Waals surface area contributed by atoms with Gasteiger partial charge in [0.25, 0.3) is 0 Å². The van der Waals surface area contributed by atoms with Gasteiger partial charge < -0.3 is 21.1 Å². The molecule has 0 spiro atoms. The van der Waals surface area contributed by atoms with Gasteiger partial charge in [0.1, 0.15) is 5.75 Å². The van der Waals surface area contributed by atoms with Crippen LogP contribution in [0.3, 0.4) is 0 Å². The van der Waals surface area contributed by atoms with Gasteiger partial charge in [-0.1, -0.05) is 0 Å². The van der Waals surface area contributed by atoms with Crippen LogP contribution in [0.1, 0.15) is 60.4 Å². The molecule has 0 atom stereocenters. The zero-order chi connectivity index (χ0) is 19.7. The lowest BCUT2D eigenvalue weighted by Gasteiger charge is -2.42. The number of amides is 1. The van der Waals surface area contributed by atoms with Gasteiger partial charge in [0, 0.05) is 49.9 Å². The molecule has 0 unspecified atom stereocenters. The second kappa shape index (κ2) is 8.29. The first-order chi connectivity index (χ1) is 13.6. The van der Waals surface area contributed by atoms with Gasteiger partial charge in [0.15, 0.2) is 0 Å². The maximum absolute atomic E-state index is 12.0. The van der Waals surface area contributed by atoms with Gasteiger partial charge in [-0.3, -0.25) is 9.69 Å². The molecule has 0 radical (unpaired) electrons. The highest BCUT2D eigenvalue weighted by Gasteiger charge is 2.33. The van der Waals surface area contributed by atoms with Crippen LogP contribution in [-0.2, 0) is 0 Å². The SMILES string of the molecule is COc1c(N)ccc(C(N)=O)c1C1CCC(N2CCN(CC3CC3)CC2)CC1. The molecule has 1 aromatic carbocycles. The molecular formula is C22H34N4O2. The third-order valence-electron chi connectivity index (χ3n) is 6.94. The molecule has 1 aliphatic heterocycles. The number of nitrogens with two attached hydrogens (primary N) is 2. The number of hydrogen-bond acceptors (Lipinski definition) is 5. The van der Waals surface area contributed by atoms with Crippen molar-refractivity contribution in [3.8, 4) is 5.75 Å². The number of anilines is 1. The van der Waals surface area contributed by atoms with E-state index in [9.17, 15) is 4.79 Å². The van der Waals surface area contributed by atoms with Crippen molar-refractivity contribution in [2.45, 2.75) is 50.5 Å². The van der Waals surface area contributed by atoms with Gasteiger partial charge >= 0.3 is 0 Å². The average molecular weight is 387 g/mol. The zero-order valence-corrected chi connectivity index (χ0v) is 17.0. The highest BCUT2D eigenvalue weighted by Crippen LogP contribution is 2.43. The largest absolute Gasteiger partial charge is 0.494 e. The Hall–Kier alpha value is -1.79. The minimum absolute atomic E-state index is 0.286. The van der Waals surface area contributed by atoms with Crippen molar-refractivity contribution in [1.82, 2.24) is 9.80 Å². The van der Waals surface area contributed by atoms with Crippen LogP contribution >= 0.6 is 0 Å². The lowest BCUT2D eigenvalue weighted by Crippen LogP contribution is -2.51. The van der Waals surface area contributed by atoms with Crippen LogP contribution in [0.5, 0.6) is 5.75 Å². The Morgan fingerprint density at radius 2 is 1.75 bits per heavy atom. The van der Waals surface area contributed by atoms with Gasteiger partial charge in [-0.2, -0.15) is 0 Å². The zero-order valence-electron chi connectivity index (χ0n) is 17.0. The van der Waals surface area contributed by atoms with E-state index in [4.69, 9.17) is 16.2 Å². The van der Waals surface area contributed by atoms with Crippen LogP contribution in [0.25, 0.3) is 0 Å². The van der Waals surface area contributed by atoms with Crippen molar-refractivity contribution in [3.63, 3.8) is 0 Å². The predicted molar refractivity (Wildman–Crippen MR) is 112 cm³/mol. The minimum Gasteiger partial charge on any atom is -0.494 e. The lowest BCUT2D eigenvalue weighted by atomic mass is 9.78. The number of hydrogen-bond donors (Lipinski definition) is 2. The van der Waals surface area contributed by atoms with E-state index in [1.54, 1.807) is 19.2 Å². The van der Waals surface area contributed by atoms with Gasteiger partial charge in [-0.15, -0.1) is 0 Å². The number of rotatable bonds is 6. The first kappa shape index (κ1) is 19.5. The number of methoxy groups -OCH3 is 1. The molecule has 154 valence electrons. The van der Waals surface area contributed by atoms with Crippen molar-refractivity contribution < 1.29 is 9.53 Å². The quantitative estimate of drug-likeness (QED) is 0.734. The Kier molecular flexibility index (Phi) is 5.78. The van der Waals surface area contributed by atoms with E-state index in [1.807, 2.05) is 0 Å². The van der Waals surface area contributed by atoms with Crippen LogP contribution in [-0.4, -0.2) is 61.6 Å². The van der Waals surface area contributed by atoms with E-state index in [0.29, 0.717) is 23.0 Å². The van der Waals surface area contributed by atoms with Crippen molar-refractivity contribution >= 4 is 11.6 Å². The third-order valence-corrected chi connectivity index (χ3v) is 6.94. The number of piperazine rings is 1. The van der Waals surface area contributed by atoms with Crippen LogP contribution in [0.4, 0.5) is 5.69 Å². The molecular weight excluding hydrogens is 352 g/mol. The molecule has 1 aromatic rings. The Bertz CT molecular complexity index is 703. The van der Waals surface area contributed by atoms with E-state index in [0.717, 1.165) is 37.2 Å². The summed E-state index contributed by atoms with van der Waals surface area (Å²) in [5.74, 6) is 1.50. The molecule has 2 aliphatic carbocycles. The fraction of sp³-hybridized carbons (Fsp3) is 0.682. The number of carbonyl (C=O) groups excluding carboxylic acids is 1. The Morgan fingerprint density at radius 3 is 2.32 bits per heavy atom. The van der Waals surface area contributed by atoms with Gasteiger partial charge in [-0.25, -0.2) is 0 Å². The topological polar surface area (TPSA) is 84.8 Å². The number of carbonyl (C=O) groups is 1. The van der Waals surface area contributed by atoms with Crippen molar-refractivity contribution in [2.24, 2.45) is 11.7 Å². The smallest absolute Gasteiger partial charge is 0.249 e. The monoisotopic (exact) mass is 386 g/mol. The summed E-state index contributed by atoms with van der Waals surface area (Å²) in [5.41, 5.74) is 13.8. The van der Waals surface area contributed by atoms with E-state index in [1.165, 1.54) is 45.6 Å². The summed E-state index contributed by atoms with van der Waals surface area (Å²) in [6.45, 7) is 6.12. The maximum Gasteiger partial charge on any atom is 0.249 e.